The van der Waals surface area contributed by atoms with Crippen molar-refractivity contribution in [2.45, 2.75) is 11.9 Å². The van der Waals surface area contributed by atoms with Gasteiger partial charge >= 0.3 is 0 Å². The molecule has 0 N–H and O–H groups in total. The second-order valence-corrected chi connectivity index (χ2v) is 5.69. The summed E-state index contributed by atoms with van der Waals surface area (Å²) < 4.78 is 8.09. The van der Waals surface area contributed by atoms with E-state index in [2.05, 4.69) is 42.1 Å². The van der Waals surface area contributed by atoms with Gasteiger partial charge in [0.25, 0.3) is 0 Å². The minimum absolute atomic E-state index is 0.600. The lowest BCUT2D eigenvalue weighted by Crippen LogP contribution is -2.09. The highest BCUT2D eigenvalue weighted by atomic mass is 79.9. The van der Waals surface area contributed by atoms with Crippen LogP contribution in [0.15, 0.2) is 22.7 Å². The van der Waals surface area contributed by atoms with E-state index in [1.165, 1.54) is 0 Å². The molecule has 0 unspecified atom stereocenters. The zero-order chi connectivity index (χ0) is 13.8. The van der Waals surface area contributed by atoms with Crippen LogP contribution in [0.5, 0.6) is 0 Å². The van der Waals surface area contributed by atoms with Gasteiger partial charge in [-0.1, -0.05) is 43.5 Å². The van der Waals surface area contributed by atoms with E-state index in [1.54, 1.807) is 7.11 Å². The molecule has 102 valence electrons. The number of alkyl halides is 1. The second kappa shape index (κ2) is 6.83. The molecule has 19 heavy (non-hydrogen) atoms. The summed E-state index contributed by atoms with van der Waals surface area (Å²) in [4.78, 5) is 0. The van der Waals surface area contributed by atoms with Crippen molar-refractivity contribution in [2.24, 2.45) is 0 Å². The Labute approximate surface area is 133 Å². The molecule has 0 aliphatic rings. The van der Waals surface area contributed by atoms with E-state index >= 15 is 0 Å². The van der Waals surface area contributed by atoms with Crippen LogP contribution in [0, 0.1) is 0 Å². The van der Waals surface area contributed by atoms with E-state index in [0.717, 1.165) is 21.7 Å². The molecule has 0 fully saturated rings. The van der Waals surface area contributed by atoms with Gasteiger partial charge in [-0.15, -0.1) is 10.2 Å². The largest absolute Gasteiger partial charge is 0.383 e. The van der Waals surface area contributed by atoms with Crippen molar-refractivity contribution in [1.82, 2.24) is 14.8 Å². The van der Waals surface area contributed by atoms with Crippen LogP contribution in [-0.2, 0) is 16.6 Å². The monoisotopic (exact) mass is 407 g/mol. The van der Waals surface area contributed by atoms with E-state index in [1.807, 2.05) is 22.8 Å². The van der Waals surface area contributed by atoms with Crippen LogP contribution in [0.3, 0.4) is 0 Å². The van der Waals surface area contributed by atoms with Gasteiger partial charge in [-0.3, -0.25) is 0 Å². The Bertz CT molecular complexity index is 574. The Morgan fingerprint density at radius 1 is 1.37 bits per heavy atom. The highest BCUT2D eigenvalue weighted by Crippen LogP contribution is 2.30. The molecular formula is C12H12Br2ClN3O. The van der Waals surface area contributed by atoms with Crippen LogP contribution < -0.4 is 0 Å². The van der Waals surface area contributed by atoms with E-state index in [0.29, 0.717) is 23.5 Å². The Balaban J connectivity index is 2.49. The summed E-state index contributed by atoms with van der Waals surface area (Å²) in [5, 5.41) is 9.74. The van der Waals surface area contributed by atoms with Gasteiger partial charge < -0.3 is 9.30 Å². The van der Waals surface area contributed by atoms with Crippen molar-refractivity contribution < 1.29 is 4.74 Å². The van der Waals surface area contributed by atoms with Gasteiger partial charge in [0.15, 0.2) is 5.82 Å². The molecule has 0 aliphatic heterocycles. The first kappa shape index (κ1) is 15.0. The highest BCUT2D eigenvalue weighted by molar-refractivity contribution is 9.10. The number of ether oxygens (including phenoxy) is 1. The highest BCUT2D eigenvalue weighted by Gasteiger charge is 2.15. The van der Waals surface area contributed by atoms with Crippen molar-refractivity contribution in [3.05, 3.63) is 33.5 Å². The number of methoxy groups -OCH3 is 1. The van der Waals surface area contributed by atoms with Gasteiger partial charge in [0.05, 0.1) is 11.9 Å². The molecule has 0 radical (unpaired) electrons. The van der Waals surface area contributed by atoms with Gasteiger partial charge in [-0.25, -0.2) is 0 Å². The maximum atomic E-state index is 6.05. The van der Waals surface area contributed by atoms with Gasteiger partial charge in [-0.05, 0) is 18.2 Å². The topological polar surface area (TPSA) is 39.9 Å². The summed E-state index contributed by atoms with van der Waals surface area (Å²) >= 11 is 13.0. The first-order valence-electron chi connectivity index (χ1n) is 5.59. The Morgan fingerprint density at radius 3 is 2.84 bits per heavy atom. The second-order valence-electron chi connectivity index (χ2n) is 3.84. The van der Waals surface area contributed by atoms with Crippen LogP contribution in [-0.4, -0.2) is 28.5 Å². The molecule has 0 saturated carbocycles. The van der Waals surface area contributed by atoms with Crippen molar-refractivity contribution in [3.8, 4) is 11.4 Å². The van der Waals surface area contributed by atoms with E-state index in [-0.39, 0.29) is 0 Å². The smallest absolute Gasteiger partial charge is 0.165 e. The lowest BCUT2D eigenvalue weighted by atomic mass is 10.2. The van der Waals surface area contributed by atoms with E-state index in [9.17, 15) is 0 Å². The number of hydrogen-bond donors (Lipinski definition) is 0. The van der Waals surface area contributed by atoms with Gasteiger partial charge in [-0.2, -0.15) is 0 Å². The third kappa shape index (κ3) is 3.37. The Kier molecular flexibility index (Phi) is 5.38. The fraction of sp³-hybridized carbons (Fsp3) is 0.333. The zero-order valence-corrected chi connectivity index (χ0v) is 14.2. The molecule has 0 aliphatic carbocycles. The summed E-state index contributed by atoms with van der Waals surface area (Å²) in [6.45, 7) is 1.29. The molecule has 0 spiro atoms. The molecule has 0 atom stereocenters. The standard InChI is InChI=1S/C12H12Br2ClN3O/c1-19-5-4-18-11(7-13)16-17-12(18)9-6-8(15)2-3-10(9)14/h2-3,6H,4-5,7H2,1H3. The molecule has 0 saturated heterocycles. The molecule has 1 aromatic carbocycles. The molecule has 4 nitrogen and oxygen atoms in total. The van der Waals surface area contributed by atoms with Crippen LogP contribution in [0.1, 0.15) is 5.82 Å². The molecule has 0 bridgehead atoms. The van der Waals surface area contributed by atoms with Gasteiger partial charge in [0.2, 0.25) is 0 Å². The third-order valence-corrected chi connectivity index (χ3v) is 4.06. The summed E-state index contributed by atoms with van der Waals surface area (Å²) in [5.41, 5.74) is 0.920. The SMILES string of the molecule is COCCn1c(CBr)nnc1-c1cc(Cl)ccc1Br. The van der Waals surface area contributed by atoms with Gasteiger partial charge in [0, 0.05) is 28.7 Å². The van der Waals surface area contributed by atoms with Crippen molar-refractivity contribution in [3.63, 3.8) is 0 Å². The molecule has 2 rings (SSSR count). The maximum Gasteiger partial charge on any atom is 0.165 e. The summed E-state index contributed by atoms with van der Waals surface area (Å²) in [6, 6.07) is 5.61. The lowest BCUT2D eigenvalue weighted by molar-refractivity contribution is 0.187. The minimum Gasteiger partial charge on any atom is -0.383 e. The lowest BCUT2D eigenvalue weighted by Gasteiger charge is -2.10. The number of rotatable bonds is 5. The average molecular weight is 410 g/mol. The molecule has 0 amide bonds. The number of nitrogens with zero attached hydrogens (tertiary/aromatic N) is 3. The number of hydrogen-bond acceptors (Lipinski definition) is 3. The van der Waals surface area contributed by atoms with Crippen LogP contribution in [0.4, 0.5) is 0 Å². The zero-order valence-electron chi connectivity index (χ0n) is 10.2. The summed E-state index contributed by atoms with van der Waals surface area (Å²) in [5.74, 6) is 1.64. The molecule has 1 heterocycles. The van der Waals surface area contributed by atoms with Gasteiger partial charge in [0.1, 0.15) is 5.82 Å². The van der Waals surface area contributed by atoms with Crippen LogP contribution >= 0.6 is 43.5 Å². The fourth-order valence-electron chi connectivity index (χ4n) is 1.72. The number of aromatic nitrogens is 3. The number of halogens is 3. The minimum atomic E-state index is 0.600. The molecule has 7 heteroatoms. The maximum absolute atomic E-state index is 6.05. The van der Waals surface area contributed by atoms with Crippen molar-refractivity contribution in [1.29, 1.82) is 0 Å². The Hall–Kier alpha value is -0.430. The molecule has 1 aromatic heterocycles. The van der Waals surface area contributed by atoms with E-state index in [4.69, 9.17) is 16.3 Å². The van der Waals surface area contributed by atoms with E-state index < -0.39 is 0 Å². The predicted molar refractivity (Wildman–Crippen MR) is 82.7 cm³/mol. The normalized spacial score (nSPS) is 10.9. The van der Waals surface area contributed by atoms with Crippen LogP contribution in [0.25, 0.3) is 11.4 Å². The average Bonchev–Trinajstić information content (AvgIpc) is 2.81. The first-order chi connectivity index (χ1) is 9.17. The molecule has 2 aromatic rings. The third-order valence-electron chi connectivity index (χ3n) is 2.64. The Morgan fingerprint density at radius 2 is 2.16 bits per heavy atom. The first-order valence-corrected chi connectivity index (χ1v) is 7.89. The van der Waals surface area contributed by atoms with Crippen molar-refractivity contribution in [2.75, 3.05) is 13.7 Å². The predicted octanol–water partition coefficient (Wildman–Crippen LogP) is 3.90. The number of benzene rings is 1. The summed E-state index contributed by atoms with van der Waals surface area (Å²) in [7, 11) is 1.67. The van der Waals surface area contributed by atoms with Crippen molar-refractivity contribution >= 4 is 43.5 Å². The summed E-state index contributed by atoms with van der Waals surface area (Å²) in [6.07, 6.45) is 0. The molecular weight excluding hydrogens is 397 g/mol. The van der Waals surface area contributed by atoms with Crippen LogP contribution in [0.2, 0.25) is 5.02 Å². The quantitative estimate of drug-likeness (QED) is 0.703. The fourth-order valence-corrected chi connectivity index (χ4v) is 2.73.